The van der Waals surface area contributed by atoms with Gasteiger partial charge in [0.1, 0.15) is 11.9 Å². The molecule has 0 saturated heterocycles. The van der Waals surface area contributed by atoms with Crippen LogP contribution in [0.15, 0.2) is 41.1 Å². The third-order valence-corrected chi connectivity index (χ3v) is 4.64. The smallest absolute Gasteiger partial charge is 0.123 e. The normalized spacial score (nSPS) is 18.6. The van der Waals surface area contributed by atoms with Gasteiger partial charge in [0, 0.05) is 12.5 Å². The molecule has 0 bridgehead atoms. The van der Waals surface area contributed by atoms with E-state index in [1.165, 1.54) is 11.1 Å². The van der Waals surface area contributed by atoms with Gasteiger partial charge in [0.25, 0.3) is 0 Å². The first-order valence-corrected chi connectivity index (χ1v) is 8.30. The van der Waals surface area contributed by atoms with E-state index >= 15 is 0 Å². The Morgan fingerprint density at radius 2 is 2.25 bits per heavy atom. The van der Waals surface area contributed by atoms with Crippen LogP contribution in [0.3, 0.4) is 0 Å². The zero-order valence-corrected chi connectivity index (χ0v) is 12.7. The maximum Gasteiger partial charge on any atom is 0.123 e. The Labute approximate surface area is 124 Å². The van der Waals surface area contributed by atoms with Crippen LogP contribution >= 0.6 is 11.3 Å². The number of likely N-dealkylation sites (N-methyl/N-ethyl adjacent to an activating group) is 1. The van der Waals surface area contributed by atoms with Crippen molar-refractivity contribution in [2.75, 3.05) is 6.54 Å². The third-order valence-electron chi connectivity index (χ3n) is 3.91. The predicted octanol–water partition coefficient (Wildman–Crippen LogP) is 3.66. The van der Waals surface area contributed by atoms with Crippen molar-refractivity contribution in [2.24, 2.45) is 0 Å². The van der Waals surface area contributed by atoms with E-state index in [9.17, 15) is 0 Å². The first-order chi connectivity index (χ1) is 9.86. The summed E-state index contributed by atoms with van der Waals surface area (Å²) in [5.74, 6) is 1.07. The summed E-state index contributed by atoms with van der Waals surface area (Å²) in [5, 5.41) is 8.00. The standard InChI is InChI=1S/C17H21NOS/c1-2-18-15(8-7-13-9-10-20-12-13)17-11-14-5-3-4-6-16(14)19-17/h3-6,9-10,12,15,17-18H,2,7-8,11H2,1H3. The number of benzene rings is 1. The quantitative estimate of drug-likeness (QED) is 0.875. The number of fused-ring (bicyclic) bond motifs is 1. The molecule has 20 heavy (non-hydrogen) atoms. The molecule has 2 unspecified atom stereocenters. The number of para-hydroxylation sites is 1. The maximum atomic E-state index is 6.13. The lowest BCUT2D eigenvalue weighted by atomic mass is 9.99. The average molecular weight is 287 g/mol. The van der Waals surface area contributed by atoms with Gasteiger partial charge in [-0.2, -0.15) is 11.3 Å². The van der Waals surface area contributed by atoms with Gasteiger partial charge in [-0.05, 0) is 53.4 Å². The number of nitrogens with one attached hydrogen (secondary N) is 1. The van der Waals surface area contributed by atoms with E-state index < -0.39 is 0 Å². The van der Waals surface area contributed by atoms with Crippen molar-refractivity contribution in [1.82, 2.24) is 5.32 Å². The number of ether oxygens (including phenoxy) is 1. The molecule has 2 heterocycles. The van der Waals surface area contributed by atoms with Crippen LogP contribution in [-0.4, -0.2) is 18.7 Å². The monoisotopic (exact) mass is 287 g/mol. The van der Waals surface area contributed by atoms with E-state index in [1.807, 2.05) is 0 Å². The van der Waals surface area contributed by atoms with Gasteiger partial charge in [0.05, 0.1) is 0 Å². The lowest BCUT2D eigenvalue weighted by molar-refractivity contribution is 0.173. The number of rotatable bonds is 6. The highest BCUT2D eigenvalue weighted by molar-refractivity contribution is 7.07. The molecule has 0 spiro atoms. The molecule has 106 valence electrons. The molecule has 0 fully saturated rings. The molecular formula is C17H21NOS. The summed E-state index contributed by atoms with van der Waals surface area (Å²) < 4.78 is 6.13. The second-order valence-corrected chi connectivity index (χ2v) is 6.08. The van der Waals surface area contributed by atoms with Crippen molar-refractivity contribution in [3.63, 3.8) is 0 Å². The average Bonchev–Trinajstić information content (AvgIpc) is 3.12. The fourth-order valence-electron chi connectivity index (χ4n) is 2.87. The lowest BCUT2D eigenvalue weighted by Crippen LogP contribution is -2.42. The van der Waals surface area contributed by atoms with Crippen LogP contribution in [0.1, 0.15) is 24.5 Å². The zero-order chi connectivity index (χ0) is 13.8. The summed E-state index contributed by atoms with van der Waals surface area (Å²) in [7, 11) is 0. The summed E-state index contributed by atoms with van der Waals surface area (Å²) in [4.78, 5) is 0. The highest BCUT2D eigenvalue weighted by Crippen LogP contribution is 2.30. The van der Waals surface area contributed by atoms with E-state index in [-0.39, 0.29) is 6.10 Å². The third kappa shape index (κ3) is 3.05. The Hall–Kier alpha value is -1.32. The van der Waals surface area contributed by atoms with Gasteiger partial charge in [-0.15, -0.1) is 0 Å². The van der Waals surface area contributed by atoms with Crippen LogP contribution in [0.25, 0.3) is 0 Å². The van der Waals surface area contributed by atoms with Crippen molar-refractivity contribution in [2.45, 2.75) is 38.3 Å². The van der Waals surface area contributed by atoms with E-state index in [2.05, 4.69) is 53.3 Å². The first-order valence-electron chi connectivity index (χ1n) is 7.36. The highest BCUT2D eigenvalue weighted by Gasteiger charge is 2.29. The van der Waals surface area contributed by atoms with Crippen LogP contribution in [0, 0.1) is 0 Å². The SMILES string of the molecule is CCNC(CCc1ccsc1)C1Cc2ccccc2O1. The fraction of sp³-hybridized carbons (Fsp3) is 0.412. The summed E-state index contributed by atoms with van der Waals surface area (Å²) in [6.45, 7) is 3.16. The van der Waals surface area contributed by atoms with Crippen LogP contribution in [0.4, 0.5) is 0 Å². The fourth-order valence-corrected chi connectivity index (χ4v) is 3.58. The van der Waals surface area contributed by atoms with Gasteiger partial charge in [0.2, 0.25) is 0 Å². The van der Waals surface area contributed by atoms with Gasteiger partial charge in [-0.1, -0.05) is 25.1 Å². The van der Waals surface area contributed by atoms with Crippen LogP contribution in [-0.2, 0) is 12.8 Å². The molecule has 1 aliphatic heterocycles. The number of thiophene rings is 1. The molecule has 0 radical (unpaired) electrons. The molecule has 0 amide bonds. The Kier molecular flexibility index (Phi) is 4.38. The molecule has 1 aromatic carbocycles. The molecule has 1 N–H and O–H groups in total. The van der Waals surface area contributed by atoms with Crippen LogP contribution < -0.4 is 10.1 Å². The molecular weight excluding hydrogens is 266 g/mol. The Bertz CT molecular complexity index is 513. The topological polar surface area (TPSA) is 21.3 Å². The molecule has 2 aromatic rings. The highest BCUT2D eigenvalue weighted by atomic mass is 32.1. The molecule has 2 nitrogen and oxygen atoms in total. The van der Waals surface area contributed by atoms with Crippen molar-refractivity contribution in [1.29, 1.82) is 0 Å². The predicted molar refractivity (Wildman–Crippen MR) is 84.7 cm³/mol. The molecule has 1 aliphatic rings. The van der Waals surface area contributed by atoms with Gasteiger partial charge >= 0.3 is 0 Å². The van der Waals surface area contributed by atoms with Crippen molar-refractivity contribution in [3.8, 4) is 5.75 Å². The first kappa shape index (κ1) is 13.7. The second kappa shape index (κ2) is 6.42. The molecule has 0 aliphatic carbocycles. The Morgan fingerprint density at radius 1 is 1.35 bits per heavy atom. The van der Waals surface area contributed by atoms with Crippen molar-refractivity contribution < 1.29 is 4.74 Å². The minimum absolute atomic E-state index is 0.269. The zero-order valence-electron chi connectivity index (χ0n) is 11.8. The maximum absolute atomic E-state index is 6.13. The molecule has 3 rings (SSSR count). The number of aryl methyl sites for hydroxylation is 1. The summed E-state index contributed by atoms with van der Waals surface area (Å²) in [5.41, 5.74) is 2.78. The molecule has 2 atom stereocenters. The number of hydrogen-bond donors (Lipinski definition) is 1. The van der Waals surface area contributed by atoms with E-state index in [1.54, 1.807) is 11.3 Å². The Morgan fingerprint density at radius 3 is 3.00 bits per heavy atom. The van der Waals surface area contributed by atoms with Crippen LogP contribution in [0.5, 0.6) is 5.75 Å². The van der Waals surface area contributed by atoms with Gasteiger partial charge in [-0.3, -0.25) is 0 Å². The second-order valence-electron chi connectivity index (χ2n) is 5.30. The molecule has 0 saturated carbocycles. The Balaban J connectivity index is 1.63. The lowest BCUT2D eigenvalue weighted by Gasteiger charge is -2.24. The van der Waals surface area contributed by atoms with Gasteiger partial charge in [0.15, 0.2) is 0 Å². The van der Waals surface area contributed by atoms with Crippen molar-refractivity contribution in [3.05, 3.63) is 52.2 Å². The molecule has 1 aromatic heterocycles. The minimum Gasteiger partial charge on any atom is -0.488 e. The molecule has 3 heteroatoms. The van der Waals surface area contributed by atoms with Crippen LogP contribution in [0.2, 0.25) is 0 Å². The summed E-state index contributed by atoms with van der Waals surface area (Å²) in [6.07, 6.45) is 3.55. The van der Waals surface area contributed by atoms with Gasteiger partial charge in [-0.25, -0.2) is 0 Å². The van der Waals surface area contributed by atoms with E-state index in [0.717, 1.165) is 31.6 Å². The van der Waals surface area contributed by atoms with Gasteiger partial charge < -0.3 is 10.1 Å². The van der Waals surface area contributed by atoms with Crippen molar-refractivity contribution >= 4 is 11.3 Å². The summed E-state index contributed by atoms with van der Waals surface area (Å²) >= 11 is 1.77. The van der Waals surface area contributed by atoms with E-state index in [0.29, 0.717) is 6.04 Å². The summed E-state index contributed by atoms with van der Waals surface area (Å²) in [6, 6.07) is 11.0. The largest absolute Gasteiger partial charge is 0.488 e. The number of hydrogen-bond acceptors (Lipinski definition) is 3. The minimum atomic E-state index is 0.269. The van der Waals surface area contributed by atoms with E-state index in [4.69, 9.17) is 4.74 Å².